The van der Waals surface area contributed by atoms with E-state index in [4.69, 9.17) is 0 Å². The molecule has 0 saturated heterocycles. The Hall–Kier alpha value is -1.24. The van der Waals surface area contributed by atoms with Gasteiger partial charge < -0.3 is 10.2 Å². The van der Waals surface area contributed by atoms with Crippen molar-refractivity contribution in [2.75, 3.05) is 0 Å². The van der Waals surface area contributed by atoms with Crippen molar-refractivity contribution in [1.82, 2.24) is 4.98 Å². The van der Waals surface area contributed by atoms with Crippen LogP contribution in [0.5, 0.6) is 11.5 Å². The van der Waals surface area contributed by atoms with Crippen LogP contribution in [0.2, 0.25) is 0 Å². The van der Waals surface area contributed by atoms with E-state index in [-0.39, 0.29) is 28.9 Å². The molecule has 0 amide bonds. The predicted octanol–water partition coefficient (Wildman–Crippen LogP) is 1.27. The van der Waals surface area contributed by atoms with Gasteiger partial charge >= 0.3 is 0 Å². The first kappa shape index (κ1) is 9.85. The fourth-order valence-corrected chi connectivity index (χ4v) is 1.14. The average Bonchev–Trinajstić information content (AvgIpc) is 2.12. The van der Waals surface area contributed by atoms with Crippen molar-refractivity contribution in [2.45, 2.75) is 0 Å². The Labute approximate surface area is 85.8 Å². The Morgan fingerprint density at radius 3 is 2.38 bits per heavy atom. The highest BCUT2D eigenvalue weighted by Crippen LogP contribution is 2.28. The second kappa shape index (κ2) is 3.65. The number of aromatic nitrogens is 1. The first-order chi connectivity index (χ1) is 5.79. The maximum atomic E-state index is 9.34. The van der Waals surface area contributed by atoms with Crippen LogP contribution in [-0.2, 0) is 0 Å². The molecule has 0 aliphatic heterocycles. The largest absolute Gasteiger partial charge is 0.507 e. The summed E-state index contributed by atoms with van der Waals surface area (Å²) in [6.45, 7) is 0. The van der Waals surface area contributed by atoms with Gasteiger partial charge in [0.05, 0.1) is 0 Å². The fourth-order valence-electron chi connectivity index (χ4n) is 1.14. The Morgan fingerprint density at radius 1 is 1.00 bits per heavy atom. The molecule has 0 bridgehead atoms. The Bertz CT molecular complexity index is 390. The van der Waals surface area contributed by atoms with Crippen LogP contribution in [0.1, 0.15) is 0 Å². The van der Waals surface area contributed by atoms with Crippen LogP contribution in [0.3, 0.4) is 0 Å². The summed E-state index contributed by atoms with van der Waals surface area (Å²) in [6, 6.07) is 6.28. The summed E-state index contributed by atoms with van der Waals surface area (Å²) in [5.74, 6) is 0.222. The molecule has 0 atom stereocenters. The monoisotopic (exact) mass is 188 g/mol. The molecule has 2 rings (SSSR count). The zero-order valence-electron chi connectivity index (χ0n) is 6.81. The lowest BCUT2D eigenvalue weighted by Gasteiger charge is -2.00. The first-order valence-electron chi connectivity index (χ1n) is 3.55. The molecule has 0 fully saturated rings. The second-order valence-corrected chi connectivity index (χ2v) is 2.50. The van der Waals surface area contributed by atoms with E-state index in [0.29, 0.717) is 10.9 Å². The molecule has 1 heterocycles. The van der Waals surface area contributed by atoms with E-state index in [1.807, 2.05) is 0 Å². The predicted molar refractivity (Wildman–Crippen MR) is 50.8 cm³/mol. The molecule has 0 aliphatic rings. The summed E-state index contributed by atoms with van der Waals surface area (Å²) >= 11 is 0. The highest BCUT2D eigenvalue weighted by Gasteiger charge is 2.03. The summed E-state index contributed by atoms with van der Waals surface area (Å²) in [7, 11) is 0. The van der Waals surface area contributed by atoms with Gasteiger partial charge in [0.15, 0.2) is 0 Å². The minimum atomic E-state index is 0. The number of phenolic OH excluding ortho intramolecular Hbond substituents is 2. The molecule has 2 aromatic rings. The summed E-state index contributed by atoms with van der Waals surface area (Å²) in [5.41, 5.74) is 0.428. The molecule has 3 radical (unpaired) electrons. The lowest BCUT2D eigenvalue weighted by Crippen LogP contribution is -1.78. The highest BCUT2D eigenvalue weighted by molar-refractivity contribution is 5.89. The molecule has 3 nitrogen and oxygen atoms in total. The van der Waals surface area contributed by atoms with Crippen LogP contribution in [-0.4, -0.2) is 32.6 Å². The second-order valence-electron chi connectivity index (χ2n) is 2.50. The Balaban J connectivity index is 0.000000845. The quantitative estimate of drug-likeness (QED) is 0.483. The number of hydrogen-bond acceptors (Lipinski definition) is 3. The Kier molecular flexibility index (Phi) is 2.77. The van der Waals surface area contributed by atoms with Gasteiger partial charge in [-0.2, -0.15) is 0 Å². The number of aromatic hydroxyl groups is 2. The molecule has 2 N–H and O–H groups in total. The van der Waals surface area contributed by atoms with Crippen LogP contribution in [0, 0.1) is 0 Å². The zero-order chi connectivity index (χ0) is 8.55. The third kappa shape index (κ3) is 1.59. The maximum Gasteiger partial charge on any atom is 0.142 e. The number of phenols is 2. The van der Waals surface area contributed by atoms with Gasteiger partial charge in [-0.3, -0.25) is 4.98 Å². The average molecular weight is 188 g/mol. The number of fused-ring (bicyclic) bond motifs is 1. The minimum Gasteiger partial charge on any atom is -0.507 e. The van der Waals surface area contributed by atoms with E-state index in [1.54, 1.807) is 18.3 Å². The summed E-state index contributed by atoms with van der Waals surface area (Å²) in [6.07, 6.45) is 1.57. The van der Waals surface area contributed by atoms with Gasteiger partial charge in [0, 0.05) is 28.9 Å². The van der Waals surface area contributed by atoms with E-state index in [1.165, 1.54) is 12.1 Å². The lowest BCUT2D eigenvalue weighted by molar-refractivity contribution is 0.468. The summed E-state index contributed by atoms with van der Waals surface area (Å²) in [4.78, 5) is 3.93. The standard InChI is InChI=1S/C9H7NO2.Al/c11-7-3-4-8(12)9-6(7)2-1-5-10-9;/h1-5,11-12H;. The topological polar surface area (TPSA) is 53.4 Å². The van der Waals surface area contributed by atoms with Crippen LogP contribution < -0.4 is 0 Å². The van der Waals surface area contributed by atoms with Crippen LogP contribution >= 0.6 is 0 Å². The van der Waals surface area contributed by atoms with Gasteiger partial charge in [0.2, 0.25) is 0 Å². The van der Waals surface area contributed by atoms with Crippen LogP contribution in [0.15, 0.2) is 30.5 Å². The van der Waals surface area contributed by atoms with Gasteiger partial charge in [-0.05, 0) is 24.3 Å². The molecule has 0 unspecified atom stereocenters. The highest BCUT2D eigenvalue weighted by atomic mass is 27.0. The van der Waals surface area contributed by atoms with Gasteiger partial charge in [-0.1, -0.05) is 0 Å². The van der Waals surface area contributed by atoms with Gasteiger partial charge in [0.1, 0.15) is 17.0 Å². The van der Waals surface area contributed by atoms with E-state index < -0.39 is 0 Å². The molecule has 0 aliphatic carbocycles. The van der Waals surface area contributed by atoms with Crippen LogP contribution in [0.4, 0.5) is 0 Å². The molecular weight excluding hydrogens is 181 g/mol. The summed E-state index contributed by atoms with van der Waals surface area (Å²) in [5, 5.41) is 19.2. The number of hydrogen-bond donors (Lipinski definition) is 2. The fraction of sp³-hybridized carbons (Fsp3) is 0. The van der Waals surface area contributed by atoms with E-state index >= 15 is 0 Å². The van der Waals surface area contributed by atoms with Crippen molar-refractivity contribution >= 4 is 28.3 Å². The van der Waals surface area contributed by atoms with Crippen LogP contribution in [0.25, 0.3) is 10.9 Å². The molecule has 0 spiro atoms. The molecule has 1 aromatic heterocycles. The van der Waals surface area contributed by atoms with Gasteiger partial charge in [-0.15, -0.1) is 0 Å². The van der Waals surface area contributed by atoms with E-state index in [9.17, 15) is 10.2 Å². The maximum absolute atomic E-state index is 9.34. The molecule has 0 saturated carbocycles. The molecule has 13 heavy (non-hydrogen) atoms. The third-order valence-corrected chi connectivity index (χ3v) is 1.73. The zero-order valence-corrected chi connectivity index (χ0v) is 7.96. The molecular formula is C9H7AlNO2. The normalized spacial score (nSPS) is 9.54. The lowest BCUT2D eigenvalue weighted by atomic mass is 10.2. The van der Waals surface area contributed by atoms with Crippen molar-refractivity contribution < 1.29 is 10.2 Å². The third-order valence-electron chi connectivity index (χ3n) is 1.73. The molecule has 4 heteroatoms. The smallest absolute Gasteiger partial charge is 0.142 e. The minimum absolute atomic E-state index is 0. The van der Waals surface area contributed by atoms with Gasteiger partial charge in [-0.25, -0.2) is 0 Å². The number of nitrogens with zero attached hydrogens (tertiary/aromatic N) is 1. The van der Waals surface area contributed by atoms with Crippen molar-refractivity contribution in [2.24, 2.45) is 0 Å². The van der Waals surface area contributed by atoms with Crippen molar-refractivity contribution in [3.63, 3.8) is 0 Å². The van der Waals surface area contributed by atoms with Crippen molar-refractivity contribution in [3.8, 4) is 11.5 Å². The number of rotatable bonds is 0. The van der Waals surface area contributed by atoms with Crippen molar-refractivity contribution in [1.29, 1.82) is 0 Å². The number of benzene rings is 1. The molecule has 1 aromatic carbocycles. The Morgan fingerprint density at radius 2 is 1.69 bits per heavy atom. The van der Waals surface area contributed by atoms with E-state index in [2.05, 4.69) is 4.98 Å². The van der Waals surface area contributed by atoms with Gasteiger partial charge in [0.25, 0.3) is 0 Å². The SMILES string of the molecule is Oc1ccc(O)c2ncccc12.[Al]. The van der Waals surface area contributed by atoms with E-state index in [0.717, 1.165) is 0 Å². The molecule has 63 valence electrons. The summed E-state index contributed by atoms with van der Waals surface area (Å²) < 4.78 is 0. The first-order valence-corrected chi connectivity index (χ1v) is 3.55. The number of pyridine rings is 1. The van der Waals surface area contributed by atoms with Crippen molar-refractivity contribution in [3.05, 3.63) is 30.5 Å².